The Balaban J connectivity index is 2.09. The summed E-state index contributed by atoms with van der Waals surface area (Å²) >= 11 is 1.07. The van der Waals surface area contributed by atoms with Gasteiger partial charge in [-0.15, -0.1) is 17.9 Å². The zero-order chi connectivity index (χ0) is 19.9. The molecule has 0 fully saturated rings. The molecule has 0 saturated carbocycles. The van der Waals surface area contributed by atoms with E-state index in [2.05, 4.69) is 16.9 Å². The number of nitriles is 1. The molecule has 1 N–H and O–H groups in total. The van der Waals surface area contributed by atoms with Crippen molar-refractivity contribution >= 4 is 28.9 Å². The van der Waals surface area contributed by atoms with Gasteiger partial charge in [0.2, 0.25) is 0 Å². The van der Waals surface area contributed by atoms with Crippen LogP contribution in [0.25, 0.3) is 11.6 Å². The highest BCUT2D eigenvalue weighted by molar-refractivity contribution is 7.07. The summed E-state index contributed by atoms with van der Waals surface area (Å²) in [6, 6.07) is 10.7. The van der Waals surface area contributed by atoms with E-state index in [0.717, 1.165) is 11.3 Å². The number of carbonyl (C=O) groups is 1. The topological polar surface area (TPSA) is 101 Å². The predicted molar refractivity (Wildman–Crippen MR) is 105 cm³/mol. The summed E-state index contributed by atoms with van der Waals surface area (Å²) in [5.41, 5.74) is 0.159. The van der Waals surface area contributed by atoms with Crippen molar-refractivity contribution in [2.75, 3.05) is 0 Å². The Kier molecular flexibility index (Phi) is 5.99. The van der Waals surface area contributed by atoms with Gasteiger partial charge in [-0.1, -0.05) is 12.1 Å². The Morgan fingerprint density at radius 3 is 2.89 bits per heavy atom. The molecule has 7 nitrogen and oxygen atoms in total. The van der Waals surface area contributed by atoms with Gasteiger partial charge in [0.1, 0.15) is 16.5 Å². The summed E-state index contributed by atoms with van der Waals surface area (Å²) in [5, 5.41) is 12.2. The fourth-order valence-electron chi connectivity index (χ4n) is 2.46. The molecule has 0 atom stereocenters. The quantitative estimate of drug-likeness (QED) is 0.628. The number of nitrogens with one attached hydrogen (secondary N) is 1. The molecule has 0 radical (unpaired) electrons. The molecule has 0 aliphatic carbocycles. The number of aromatic nitrogens is 2. The molecular weight excluding hydrogens is 376 g/mol. The minimum atomic E-state index is -0.581. The molecule has 0 unspecified atom stereocenters. The number of nitrogens with zero attached hydrogens (tertiary/aromatic N) is 3. The van der Waals surface area contributed by atoms with E-state index in [9.17, 15) is 14.9 Å². The number of rotatable bonds is 6. The Morgan fingerprint density at radius 2 is 2.25 bits per heavy atom. The van der Waals surface area contributed by atoms with E-state index in [0.29, 0.717) is 16.0 Å². The first-order chi connectivity index (χ1) is 13.6. The fourth-order valence-corrected chi connectivity index (χ4v) is 3.55. The minimum absolute atomic E-state index is 0.140. The summed E-state index contributed by atoms with van der Waals surface area (Å²) in [6.07, 6.45) is 6.29. The van der Waals surface area contributed by atoms with Gasteiger partial charge in [0, 0.05) is 12.7 Å². The molecule has 0 aliphatic rings. The first-order valence-corrected chi connectivity index (χ1v) is 9.14. The van der Waals surface area contributed by atoms with Crippen LogP contribution in [0.4, 0.5) is 0 Å². The van der Waals surface area contributed by atoms with E-state index in [4.69, 9.17) is 4.42 Å². The molecule has 3 rings (SSSR count). The number of furan rings is 1. The lowest BCUT2D eigenvalue weighted by Gasteiger charge is -2.02. The molecule has 0 aromatic carbocycles. The van der Waals surface area contributed by atoms with Crippen molar-refractivity contribution < 1.29 is 9.21 Å². The third-order valence-corrected chi connectivity index (χ3v) is 4.87. The van der Waals surface area contributed by atoms with E-state index in [1.807, 2.05) is 12.1 Å². The highest BCUT2D eigenvalue weighted by atomic mass is 32.1. The standard InChI is InChI=1S/C20H16N4O3S/c1-2-9-24-19(26)17(11-14-6-3-4-8-22-14)28-20(24)16(12-21)18(25)23-13-15-7-5-10-27-15/h2-8,10-11H,1,9,13H2,(H,23,25)/b17-11-,20-16+. The normalized spacial score (nSPS) is 12.3. The lowest BCUT2D eigenvalue weighted by atomic mass is 10.3. The van der Waals surface area contributed by atoms with Gasteiger partial charge in [-0.05, 0) is 30.3 Å². The molecule has 3 aromatic rings. The highest BCUT2D eigenvalue weighted by Gasteiger charge is 2.15. The summed E-state index contributed by atoms with van der Waals surface area (Å²) in [7, 11) is 0. The molecular formula is C20H16N4O3S. The second-order valence-corrected chi connectivity index (χ2v) is 6.65. The fraction of sp³-hybridized carbons (Fsp3) is 0.100. The summed E-state index contributed by atoms with van der Waals surface area (Å²) in [6.45, 7) is 3.97. The smallest absolute Gasteiger partial charge is 0.269 e. The molecule has 28 heavy (non-hydrogen) atoms. The van der Waals surface area contributed by atoms with E-state index >= 15 is 0 Å². The molecule has 140 valence electrons. The third-order valence-electron chi connectivity index (χ3n) is 3.74. The van der Waals surface area contributed by atoms with Crippen LogP contribution in [0, 0.1) is 11.3 Å². The lowest BCUT2D eigenvalue weighted by molar-refractivity contribution is -0.115. The van der Waals surface area contributed by atoms with Crippen molar-refractivity contribution in [3.8, 4) is 6.07 Å². The number of hydrogen-bond donors (Lipinski definition) is 1. The largest absolute Gasteiger partial charge is 0.467 e. The van der Waals surface area contributed by atoms with Crippen LogP contribution in [0.5, 0.6) is 0 Å². The first kappa shape index (κ1) is 19.1. The van der Waals surface area contributed by atoms with Crippen molar-refractivity contribution in [2.24, 2.45) is 0 Å². The van der Waals surface area contributed by atoms with Crippen molar-refractivity contribution in [1.82, 2.24) is 14.9 Å². The number of carbonyl (C=O) groups excluding carboxylic acids is 1. The van der Waals surface area contributed by atoms with Gasteiger partial charge in [-0.3, -0.25) is 19.1 Å². The van der Waals surface area contributed by atoms with E-state index in [-0.39, 0.29) is 28.9 Å². The van der Waals surface area contributed by atoms with Crippen molar-refractivity contribution in [2.45, 2.75) is 13.1 Å². The van der Waals surface area contributed by atoms with Crippen LogP contribution in [-0.2, 0) is 17.9 Å². The number of thiazole rings is 1. The van der Waals surface area contributed by atoms with Crippen LogP contribution in [0.3, 0.4) is 0 Å². The molecule has 0 saturated heterocycles. The van der Waals surface area contributed by atoms with Crippen LogP contribution in [0.2, 0.25) is 0 Å². The van der Waals surface area contributed by atoms with Gasteiger partial charge in [-0.2, -0.15) is 5.26 Å². The summed E-state index contributed by atoms with van der Waals surface area (Å²) < 4.78 is 7.18. The second kappa shape index (κ2) is 8.79. The minimum Gasteiger partial charge on any atom is -0.467 e. The van der Waals surface area contributed by atoms with Crippen LogP contribution in [0.1, 0.15) is 11.5 Å². The number of pyridine rings is 1. The Labute approximate surface area is 164 Å². The Bertz CT molecular complexity index is 1200. The van der Waals surface area contributed by atoms with E-state index in [1.165, 1.54) is 16.9 Å². The molecule has 3 aromatic heterocycles. The van der Waals surface area contributed by atoms with Crippen molar-refractivity contribution in [3.05, 3.63) is 86.4 Å². The van der Waals surface area contributed by atoms with Gasteiger partial charge < -0.3 is 9.73 Å². The average molecular weight is 392 g/mol. The van der Waals surface area contributed by atoms with Crippen LogP contribution in [0.15, 0.2) is 64.7 Å². The second-order valence-electron chi connectivity index (χ2n) is 5.62. The van der Waals surface area contributed by atoms with Crippen LogP contribution < -0.4 is 20.1 Å². The van der Waals surface area contributed by atoms with Crippen molar-refractivity contribution in [3.63, 3.8) is 0 Å². The maximum Gasteiger partial charge on any atom is 0.269 e. The molecule has 0 spiro atoms. The van der Waals surface area contributed by atoms with Crippen LogP contribution in [-0.4, -0.2) is 15.5 Å². The first-order valence-electron chi connectivity index (χ1n) is 8.32. The van der Waals surface area contributed by atoms with Gasteiger partial charge in [0.05, 0.1) is 23.0 Å². The lowest BCUT2D eigenvalue weighted by Crippen LogP contribution is -2.34. The molecule has 0 bridgehead atoms. The average Bonchev–Trinajstić information content (AvgIpc) is 3.32. The zero-order valence-electron chi connectivity index (χ0n) is 14.8. The Morgan fingerprint density at radius 1 is 1.39 bits per heavy atom. The van der Waals surface area contributed by atoms with Crippen molar-refractivity contribution in [1.29, 1.82) is 5.26 Å². The molecule has 0 aliphatic heterocycles. The maximum atomic E-state index is 12.8. The predicted octanol–water partition coefficient (Wildman–Crippen LogP) is 0.903. The summed E-state index contributed by atoms with van der Waals surface area (Å²) in [4.78, 5) is 29.5. The highest BCUT2D eigenvalue weighted by Crippen LogP contribution is 2.01. The van der Waals surface area contributed by atoms with Gasteiger partial charge in [-0.25, -0.2) is 0 Å². The Hall–Kier alpha value is -3.70. The molecule has 8 heteroatoms. The van der Waals surface area contributed by atoms with E-state index in [1.54, 1.807) is 36.5 Å². The SMILES string of the molecule is C=CCn1c(=O)/c(=C/c2ccccn2)s/c1=C(\C#N)C(=O)NCc1ccco1. The van der Waals surface area contributed by atoms with Gasteiger partial charge in [0.25, 0.3) is 11.5 Å². The summed E-state index contributed by atoms with van der Waals surface area (Å²) in [5.74, 6) is -0.0215. The van der Waals surface area contributed by atoms with Gasteiger partial charge >= 0.3 is 0 Å². The number of hydrogen-bond acceptors (Lipinski definition) is 6. The number of allylic oxidation sites excluding steroid dienone is 1. The molecule has 1 amide bonds. The van der Waals surface area contributed by atoms with Crippen LogP contribution >= 0.6 is 11.3 Å². The van der Waals surface area contributed by atoms with E-state index < -0.39 is 5.91 Å². The molecule has 3 heterocycles. The van der Waals surface area contributed by atoms with Gasteiger partial charge in [0.15, 0.2) is 5.57 Å². The monoisotopic (exact) mass is 392 g/mol. The number of amides is 1. The zero-order valence-corrected chi connectivity index (χ0v) is 15.6. The maximum absolute atomic E-state index is 12.8. The third kappa shape index (κ3) is 4.16.